The number of hydrogen-bond donors (Lipinski definition) is 2. The molecular formula is C17H24N2O2. The average molecular weight is 288 g/mol. The second-order valence-electron chi connectivity index (χ2n) is 6.51. The Morgan fingerprint density at radius 2 is 2.14 bits per heavy atom. The molecule has 4 nitrogen and oxygen atoms in total. The number of hydrogen-bond acceptors (Lipinski definition) is 3. The van der Waals surface area contributed by atoms with Gasteiger partial charge in [0.2, 0.25) is 5.91 Å². The molecule has 1 atom stereocenters. The van der Waals surface area contributed by atoms with Crippen LogP contribution < -0.4 is 5.32 Å². The van der Waals surface area contributed by atoms with Crippen LogP contribution in [0.1, 0.15) is 31.2 Å². The van der Waals surface area contributed by atoms with Gasteiger partial charge in [-0.05, 0) is 55.3 Å². The van der Waals surface area contributed by atoms with E-state index in [0.717, 1.165) is 44.6 Å². The summed E-state index contributed by atoms with van der Waals surface area (Å²) in [6, 6.07) is 7.46. The third-order valence-corrected chi connectivity index (χ3v) is 4.45. The zero-order valence-electron chi connectivity index (χ0n) is 12.4. The first-order valence-electron chi connectivity index (χ1n) is 7.96. The second kappa shape index (κ2) is 6.48. The van der Waals surface area contributed by atoms with Gasteiger partial charge in [-0.25, -0.2) is 0 Å². The summed E-state index contributed by atoms with van der Waals surface area (Å²) in [5, 5.41) is 12.6. The molecule has 2 N–H and O–H groups in total. The number of carbonyl (C=O) groups is 1. The van der Waals surface area contributed by atoms with Crippen LogP contribution in [0.4, 0.5) is 0 Å². The summed E-state index contributed by atoms with van der Waals surface area (Å²) in [5.74, 6) is 1.78. The zero-order valence-corrected chi connectivity index (χ0v) is 12.4. The van der Waals surface area contributed by atoms with Crippen LogP contribution >= 0.6 is 0 Å². The minimum absolute atomic E-state index is 0.226. The molecule has 1 aromatic carbocycles. The van der Waals surface area contributed by atoms with Gasteiger partial charge in [0, 0.05) is 26.1 Å². The molecule has 1 aromatic rings. The van der Waals surface area contributed by atoms with Gasteiger partial charge in [0.1, 0.15) is 5.75 Å². The molecule has 0 aromatic heterocycles. The van der Waals surface area contributed by atoms with Crippen LogP contribution in [0.3, 0.4) is 0 Å². The fourth-order valence-corrected chi connectivity index (χ4v) is 3.05. The van der Waals surface area contributed by atoms with Gasteiger partial charge in [-0.2, -0.15) is 0 Å². The van der Waals surface area contributed by atoms with Crippen LogP contribution in [0.15, 0.2) is 24.3 Å². The molecule has 0 radical (unpaired) electrons. The largest absolute Gasteiger partial charge is 0.508 e. The number of likely N-dealkylation sites (tertiary alicyclic amines) is 1. The molecular weight excluding hydrogens is 264 g/mol. The van der Waals surface area contributed by atoms with Gasteiger partial charge in [0.25, 0.3) is 0 Å². The monoisotopic (exact) mass is 288 g/mol. The first-order valence-corrected chi connectivity index (χ1v) is 7.96. The smallest absolute Gasteiger partial charge is 0.220 e. The summed E-state index contributed by atoms with van der Waals surface area (Å²) < 4.78 is 0. The molecule has 1 amide bonds. The summed E-state index contributed by atoms with van der Waals surface area (Å²) in [6.07, 6.45) is 4.32. The predicted octanol–water partition coefficient (Wildman–Crippen LogP) is 2.13. The molecule has 1 saturated heterocycles. The third kappa shape index (κ3) is 4.46. The Morgan fingerprint density at radius 3 is 2.90 bits per heavy atom. The highest BCUT2D eigenvalue weighted by Gasteiger charge is 2.26. The van der Waals surface area contributed by atoms with Crippen molar-refractivity contribution in [1.29, 1.82) is 0 Å². The Labute approximate surface area is 126 Å². The van der Waals surface area contributed by atoms with Crippen LogP contribution in [0.25, 0.3) is 0 Å². The Morgan fingerprint density at radius 1 is 1.29 bits per heavy atom. The maximum absolute atomic E-state index is 11.7. The SMILES string of the molecule is O=C(CC1CC1)NCC1CCN(Cc2cccc(O)c2)C1. The van der Waals surface area contributed by atoms with Crippen LogP contribution in [-0.2, 0) is 11.3 Å². The molecule has 4 heteroatoms. The van der Waals surface area contributed by atoms with Gasteiger partial charge in [0.05, 0.1) is 0 Å². The van der Waals surface area contributed by atoms with E-state index < -0.39 is 0 Å². The Balaban J connectivity index is 1.39. The number of rotatable bonds is 6. The van der Waals surface area contributed by atoms with E-state index in [1.807, 2.05) is 18.2 Å². The van der Waals surface area contributed by atoms with Crippen molar-refractivity contribution in [3.63, 3.8) is 0 Å². The van der Waals surface area contributed by atoms with Gasteiger partial charge in [-0.3, -0.25) is 9.69 Å². The molecule has 1 heterocycles. The summed E-state index contributed by atoms with van der Waals surface area (Å²) >= 11 is 0. The second-order valence-corrected chi connectivity index (χ2v) is 6.51. The van der Waals surface area contributed by atoms with Crippen LogP contribution in [0.5, 0.6) is 5.75 Å². The first kappa shape index (κ1) is 14.4. The molecule has 2 aliphatic rings. The first-order chi connectivity index (χ1) is 10.2. The van der Waals surface area contributed by atoms with Crippen molar-refractivity contribution in [2.45, 2.75) is 32.2 Å². The number of nitrogens with zero attached hydrogens (tertiary/aromatic N) is 1. The van der Waals surface area contributed by atoms with E-state index in [4.69, 9.17) is 0 Å². The van der Waals surface area contributed by atoms with E-state index in [1.54, 1.807) is 6.07 Å². The Bertz CT molecular complexity index is 499. The van der Waals surface area contributed by atoms with E-state index in [9.17, 15) is 9.90 Å². The fraction of sp³-hybridized carbons (Fsp3) is 0.588. The third-order valence-electron chi connectivity index (χ3n) is 4.45. The zero-order chi connectivity index (χ0) is 14.7. The van der Waals surface area contributed by atoms with Crippen molar-refractivity contribution in [2.75, 3.05) is 19.6 Å². The minimum atomic E-state index is 0.226. The quantitative estimate of drug-likeness (QED) is 0.843. The van der Waals surface area contributed by atoms with Crippen molar-refractivity contribution in [3.8, 4) is 5.75 Å². The lowest BCUT2D eigenvalue weighted by atomic mass is 10.1. The highest BCUT2D eigenvalue weighted by atomic mass is 16.3. The predicted molar refractivity (Wildman–Crippen MR) is 81.8 cm³/mol. The van der Waals surface area contributed by atoms with Gasteiger partial charge in [0.15, 0.2) is 0 Å². The van der Waals surface area contributed by atoms with E-state index in [1.165, 1.54) is 12.8 Å². The van der Waals surface area contributed by atoms with E-state index in [0.29, 0.717) is 17.6 Å². The maximum Gasteiger partial charge on any atom is 0.220 e. The standard InChI is InChI=1S/C17H24N2O2/c20-16-3-1-2-14(8-16)11-19-7-6-15(12-19)10-18-17(21)9-13-4-5-13/h1-3,8,13,15,20H,4-7,9-12H2,(H,18,21). The van der Waals surface area contributed by atoms with Gasteiger partial charge < -0.3 is 10.4 Å². The molecule has 21 heavy (non-hydrogen) atoms. The molecule has 0 spiro atoms. The van der Waals surface area contributed by atoms with Crippen molar-refractivity contribution >= 4 is 5.91 Å². The average Bonchev–Trinajstić information content (AvgIpc) is 3.14. The number of phenols is 1. The highest BCUT2D eigenvalue weighted by molar-refractivity contribution is 5.76. The lowest BCUT2D eigenvalue weighted by Gasteiger charge is -2.16. The van der Waals surface area contributed by atoms with Crippen molar-refractivity contribution in [2.24, 2.45) is 11.8 Å². The van der Waals surface area contributed by atoms with Crippen molar-refractivity contribution in [3.05, 3.63) is 29.8 Å². The van der Waals surface area contributed by atoms with Crippen molar-refractivity contribution < 1.29 is 9.90 Å². The molecule has 1 unspecified atom stereocenters. The number of amides is 1. The number of aromatic hydroxyl groups is 1. The summed E-state index contributed by atoms with van der Waals surface area (Å²) in [5.41, 5.74) is 1.15. The molecule has 1 saturated carbocycles. The van der Waals surface area contributed by atoms with Crippen LogP contribution in [0.2, 0.25) is 0 Å². The number of nitrogens with one attached hydrogen (secondary N) is 1. The van der Waals surface area contributed by atoms with Gasteiger partial charge in [-0.15, -0.1) is 0 Å². The summed E-state index contributed by atoms with van der Waals surface area (Å²) in [6.45, 7) is 3.78. The summed E-state index contributed by atoms with van der Waals surface area (Å²) in [7, 11) is 0. The lowest BCUT2D eigenvalue weighted by molar-refractivity contribution is -0.121. The van der Waals surface area contributed by atoms with Gasteiger partial charge >= 0.3 is 0 Å². The molecule has 114 valence electrons. The molecule has 3 rings (SSSR count). The van der Waals surface area contributed by atoms with E-state index in [2.05, 4.69) is 10.2 Å². The Kier molecular flexibility index (Phi) is 4.44. The fourth-order valence-electron chi connectivity index (χ4n) is 3.05. The molecule has 1 aliphatic carbocycles. The van der Waals surface area contributed by atoms with Crippen LogP contribution in [0, 0.1) is 11.8 Å². The van der Waals surface area contributed by atoms with Gasteiger partial charge in [-0.1, -0.05) is 12.1 Å². The number of benzene rings is 1. The molecule has 2 fully saturated rings. The van der Waals surface area contributed by atoms with Crippen molar-refractivity contribution in [1.82, 2.24) is 10.2 Å². The number of carbonyl (C=O) groups excluding carboxylic acids is 1. The topological polar surface area (TPSA) is 52.6 Å². The minimum Gasteiger partial charge on any atom is -0.508 e. The van der Waals surface area contributed by atoms with E-state index >= 15 is 0 Å². The number of phenolic OH excluding ortho intramolecular Hbond substituents is 1. The van der Waals surface area contributed by atoms with Crippen LogP contribution in [-0.4, -0.2) is 35.5 Å². The highest BCUT2D eigenvalue weighted by Crippen LogP contribution is 2.32. The Hall–Kier alpha value is -1.55. The summed E-state index contributed by atoms with van der Waals surface area (Å²) in [4.78, 5) is 14.1. The molecule has 1 aliphatic heterocycles. The lowest BCUT2D eigenvalue weighted by Crippen LogP contribution is -2.31. The maximum atomic E-state index is 11.7. The van der Waals surface area contributed by atoms with E-state index in [-0.39, 0.29) is 5.91 Å². The normalized spacial score (nSPS) is 22.4. The molecule has 0 bridgehead atoms.